The van der Waals surface area contributed by atoms with Crippen LogP contribution < -0.4 is 10.6 Å². The van der Waals surface area contributed by atoms with Gasteiger partial charge in [-0.15, -0.1) is 16.4 Å². The van der Waals surface area contributed by atoms with E-state index in [2.05, 4.69) is 15.1 Å². The molecule has 0 aliphatic carbocycles. The number of primary amides is 1. The third kappa shape index (κ3) is 3.53. The van der Waals surface area contributed by atoms with E-state index in [1.165, 1.54) is 11.3 Å². The molecule has 8 heteroatoms. The molecule has 1 fully saturated rings. The van der Waals surface area contributed by atoms with E-state index in [9.17, 15) is 9.59 Å². The van der Waals surface area contributed by atoms with E-state index in [4.69, 9.17) is 5.73 Å². The van der Waals surface area contributed by atoms with Gasteiger partial charge in [-0.25, -0.2) is 0 Å². The van der Waals surface area contributed by atoms with Crippen molar-refractivity contribution in [1.29, 1.82) is 0 Å². The molecule has 0 spiro atoms. The van der Waals surface area contributed by atoms with Gasteiger partial charge in [0.2, 0.25) is 5.91 Å². The van der Waals surface area contributed by atoms with E-state index >= 15 is 0 Å². The Labute approximate surface area is 144 Å². The predicted molar refractivity (Wildman–Crippen MR) is 92.3 cm³/mol. The van der Waals surface area contributed by atoms with Gasteiger partial charge in [-0.1, -0.05) is 0 Å². The molecule has 1 saturated heterocycles. The van der Waals surface area contributed by atoms with E-state index in [0.717, 1.165) is 24.5 Å². The highest BCUT2D eigenvalue weighted by Gasteiger charge is 2.22. The number of hydrogen-bond acceptors (Lipinski definition) is 6. The number of amides is 2. The molecule has 0 radical (unpaired) electrons. The van der Waals surface area contributed by atoms with Crippen LogP contribution in [0.3, 0.4) is 0 Å². The second-order valence-corrected chi connectivity index (χ2v) is 6.64. The van der Waals surface area contributed by atoms with Gasteiger partial charge in [0.25, 0.3) is 5.91 Å². The van der Waals surface area contributed by atoms with Gasteiger partial charge in [0, 0.05) is 31.6 Å². The fourth-order valence-electron chi connectivity index (χ4n) is 2.64. The Balaban J connectivity index is 1.67. The second kappa shape index (κ2) is 6.96. The molecular weight excluding hydrogens is 326 g/mol. The first kappa shape index (κ1) is 16.4. The van der Waals surface area contributed by atoms with Crippen molar-refractivity contribution >= 4 is 29.0 Å². The minimum Gasteiger partial charge on any atom is -0.366 e. The number of anilines is 1. The normalized spacial score (nSPS) is 15.2. The molecule has 1 aliphatic heterocycles. The molecule has 2 amide bonds. The van der Waals surface area contributed by atoms with Gasteiger partial charge in [-0.2, -0.15) is 5.10 Å². The molecule has 0 bridgehead atoms. The lowest BCUT2D eigenvalue weighted by Crippen LogP contribution is -2.35. The Morgan fingerprint density at radius 2 is 2.00 bits per heavy atom. The molecular formula is C16H19N5O2S. The quantitative estimate of drug-likeness (QED) is 0.905. The van der Waals surface area contributed by atoms with Crippen molar-refractivity contribution in [3.63, 3.8) is 0 Å². The van der Waals surface area contributed by atoms with E-state index in [1.54, 1.807) is 11.4 Å². The molecule has 2 N–H and O–H groups in total. The summed E-state index contributed by atoms with van der Waals surface area (Å²) in [5, 5.41) is 9.94. The number of rotatable bonds is 3. The molecule has 0 unspecified atom stereocenters. The van der Waals surface area contributed by atoms with Crippen LogP contribution in [0.1, 0.15) is 32.1 Å². The molecule has 2 aromatic heterocycles. The summed E-state index contributed by atoms with van der Waals surface area (Å²) >= 11 is 1.26. The van der Waals surface area contributed by atoms with Crippen LogP contribution in [-0.2, 0) is 0 Å². The SMILES string of the molecule is Cc1ccc(N2CCCN(C(=O)c3cc(C(N)=O)cs3)CC2)nn1. The molecule has 3 rings (SSSR count). The van der Waals surface area contributed by atoms with Gasteiger partial charge in [-0.3, -0.25) is 9.59 Å². The predicted octanol–water partition coefficient (Wildman–Crippen LogP) is 1.30. The first-order valence-electron chi connectivity index (χ1n) is 7.77. The average Bonchev–Trinajstić information content (AvgIpc) is 2.94. The maximum Gasteiger partial charge on any atom is 0.264 e. The summed E-state index contributed by atoms with van der Waals surface area (Å²) in [7, 11) is 0. The first-order chi connectivity index (χ1) is 11.5. The van der Waals surface area contributed by atoms with Crippen molar-refractivity contribution in [3.05, 3.63) is 39.7 Å². The Morgan fingerprint density at radius 1 is 1.17 bits per heavy atom. The third-order valence-corrected chi connectivity index (χ3v) is 4.90. The summed E-state index contributed by atoms with van der Waals surface area (Å²) < 4.78 is 0. The van der Waals surface area contributed by atoms with E-state index in [0.29, 0.717) is 30.1 Å². The van der Waals surface area contributed by atoms with Gasteiger partial charge in [0.15, 0.2) is 5.82 Å². The highest BCUT2D eigenvalue weighted by Crippen LogP contribution is 2.19. The first-order valence-corrected chi connectivity index (χ1v) is 8.65. The lowest BCUT2D eigenvalue weighted by molar-refractivity contribution is 0.0772. The van der Waals surface area contributed by atoms with E-state index in [1.807, 2.05) is 24.0 Å². The van der Waals surface area contributed by atoms with Crippen molar-refractivity contribution in [2.75, 3.05) is 31.1 Å². The minimum absolute atomic E-state index is 0.0515. The van der Waals surface area contributed by atoms with Crippen molar-refractivity contribution in [1.82, 2.24) is 15.1 Å². The van der Waals surface area contributed by atoms with Crippen molar-refractivity contribution in [2.45, 2.75) is 13.3 Å². The van der Waals surface area contributed by atoms with Crippen LogP contribution in [0.4, 0.5) is 5.82 Å². The van der Waals surface area contributed by atoms with Gasteiger partial charge < -0.3 is 15.5 Å². The van der Waals surface area contributed by atoms with Crippen LogP contribution in [-0.4, -0.2) is 53.1 Å². The highest BCUT2D eigenvalue weighted by atomic mass is 32.1. The molecule has 0 saturated carbocycles. The standard InChI is InChI=1S/C16H19N5O2S/c1-11-3-4-14(19-18-11)20-5-2-6-21(8-7-20)16(23)13-9-12(10-24-13)15(17)22/h3-4,9-10H,2,5-8H2,1H3,(H2,17,22). The fraction of sp³-hybridized carbons (Fsp3) is 0.375. The van der Waals surface area contributed by atoms with E-state index < -0.39 is 5.91 Å². The topological polar surface area (TPSA) is 92.4 Å². The summed E-state index contributed by atoms with van der Waals surface area (Å²) in [6.45, 7) is 4.73. The van der Waals surface area contributed by atoms with Crippen LogP contribution in [0.25, 0.3) is 0 Å². The molecule has 24 heavy (non-hydrogen) atoms. The Morgan fingerprint density at radius 3 is 2.67 bits per heavy atom. The lowest BCUT2D eigenvalue weighted by atomic mass is 10.3. The smallest absolute Gasteiger partial charge is 0.264 e. The van der Waals surface area contributed by atoms with Crippen LogP contribution in [0.5, 0.6) is 0 Å². The summed E-state index contributed by atoms with van der Waals surface area (Å²) in [6, 6.07) is 5.47. The maximum atomic E-state index is 12.6. The number of aromatic nitrogens is 2. The van der Waals surface area contributed by atoms with Crippen LogP contribution in [0, 0.1) is 6.92 Å². The lowest BCUT2D eigenvalue weighted by Gasteiger charge is -2.22. The summed E-state index contributed by atoms with van der Waals surface area (Å²) in [5.41, 5.74) is 6.51. The number of nitrogens with two attached hydrogens (primary N) is 1. The highest BCUT2D eigenvalue weighted by molar-refractivity contribution is 7.12. The zero-order valence-corrected chi connectivity index (χ0v) is 14.3. The van der Waals surface area contributed by atoms with Crippen LogP contribution in [0.15, 0.2) is 23.6 Å². The van der Waals surface area contributed by atoms with Crippen molar-refractivity contribution in [3.8, 4) is 0 Å². The Bertz CT molecular complexity index is 743. The van der Waals surface area contributed by atoms with Crippen LogP contribution in [0.2, 0.25) is 0 Å². The molecule has 1 aliphatic rings. The molecule has 3 heterocycles. The summed E-state index contributed by atoms with van der Waals surface area (Å²) in [4.78, 5) is 28.3. The number of thiophene rings is 1. The third-order valence-electron chi connectivity index (χ3n) is 3.99. The number of nitrogens with zero attached hydrogens (tertiary/aromatic N) is 4. The van der Waals surface area contributed by atoms with Crippen LogP contribution >= 0.6 is 11.3 Å². The molecule has 7 nitrogen and oxygen atoms in total. The molecule has 0 aromatic carbocycles. The van der Waals surface area contributed by atoms with Gasteiger partial charge >= 0.3 is 0 Å². The van der Waals surface area contributed by atoms with Crippen molar-refractivity contribution < 1.29 is 9.59 Å². The van der Waals surface area contributed by atoms with Crippen molar-refractivity contribution in [2.24, 2.45) is 5.73 Å². The van der Waals surface area contributed by atoms with Gasteiger partial charge in [-0.05, 0) is 31.5 Å². The molecule has 2 aromatic rings. The number of carbonyl (C=O) groups is 2. The Hall–Kier alpha value is -2.48. The maximum absolute atomic E-state index is 12.6. The number of aryl methyl sites for hydroxylation is 1. The summed E-state index contributed by atoms with van der Waals surface area (Å²) in [6.07, 6.45) is 0.856. The average molecular weight is 345 g/mol. The Kier molecular flexibility index (Phi) is 4.75. The number of hydrogen-bond donors (Lipinski definition) is 1. The monoisotopic (exact) mass is 345 g/mol. The van der Waals surface area contributed by atoms with Gasteiger partial charge in [0.1, 0.15) is 0 Å². The number of carbonyl (C=O) groups excluding carboxylic acids is 2. The molecule has 0 atom stereocenters. The zero-order valence-electron chi connectivity index (χ0n) is 13.4. The minimum atomic E-state index is -0.509. The second-order valence-electron chi connectivity index (χ2n) is 5.73. The fourth-order valence-corrected chi connectivity index (χ4v) is 3.51. The largest absolute Gasteiger partial charge is 0.366 e. The van der Waals surface area contributed by atoms with Gasteiger partial charge in [0.05, 0.1) is 16.1 Å². The van der Waals surface area contributed by atoms with E-state index in [-0.39, 0.29) is 5.91 Å². The zero-order chi connectivity index (χ0) is 17.1. The molecule has 126 valence electrons. The summed E-state index contributed by atoms with van der Waals surface area (Å²) in [5.74, 6) is 0.275.